The number of nitrogens with one attached hydrogen (secondary N) is 1. The number of carbonyl (C=O) groups excluding carboxylic acids is 2. The highest BCUT2D eigenvalue weighted by Crippen LogP contribution is 2.26. The number of carbonyl (C=O) groups is 2. The number of aromatic nitrogens is 1. The number of fused-ring (bicyclic) bond motifs is 1. The summed E-state index contributed by atoms with van der Waals surface area (Å²) in [6, 6.07) is 13.8. The Morgan fingerprint density at radius 1 is 1.07 bits per heavy atom. The van der Waals surface area contributed by atoms with Crippen molar-refractivity contribution in [3.63, 3.8) is 0 Å². The Balaban J connectivity index is 1.91. The number of hydrogen-bond acceptors (Lipinski definition) is 4. The van der Waals surface area contributed by atoms with Crippen LogP contribution in [0.2, 0.25) is 0 Å². The molecule has 0 bridgehead atoms. The van der Waals surface area contributed by atoms with Crippen LogP contribution in [0.3, 0.4) is 0 Å². The van der Waals surface area contributed by atoms with Gasteiger partial charge in [0.2, 0.25) is 0 Å². The Morgan fingerprint density at radius 3 is 2.41 bits per heavy atom. The molecule has 0 aliphatic heterocycles. The number of ketones is 1. The number of para-hydroxylation sites is 1. The van der Waals surface area contributed by atoms with Gasteiger partial charge in [-0.25, -0.2) is 0 Å². The topological polar surface area (TPSA) is 88.4 Å². The third kappa shape index (κ3) is 3.46. The van der Waals surface area contributed by atoms with Gasteiger partial charge >= 0.3 is 0 Å². The van der Waals surface area contributed by atoms with E-state index in [-0.39, 0.29) is 23.6 Å². The van der Waals surface area contributed by atoms with Crippen LogP contribution in [0.1, 0.15) is 33.2 Å². The molecule has 0 atom stereocenters. The maximum Gasteiger partial charge on any atom is 0.267 e. The minimum Gasteiger partial charge on any atom is -0.506 e. The van der Waals surface area contributed by atoms with Crippen molar-refractivity contribution in [1.29, 1.82) is 0 Å². The van der Waals surface area contributed by atoms with Crippen LogP contribution in [0.4, 0.5) is 0 Å². The summed E-state index contributed by atoms with van der Waals surface area (Å²) in [5, 5.41) is 13.3. The SMILES string of the molecule is CCn1c(=O)c(C(=O)NCC(=O)c2ccc(C)cc2)c(O)c2ccccc21. The first-order chi connectivity index (χ1) is 12.9. The molecule has 1 heterocycles. The van der Waals surface area contributed by atoms with E-state index in [1.165, 1.54) is 4.57 Å². The molecule has 0 aliphatic rings. The third-order valence-electron chi connectivity index (χ3n) is 4.47. The van der Waals surface area contributed by atoms with Gasteiger partial charge in [-0.1, -0.05) is 42.0 Å². The van der Waals surface area contributed by atoms with E-state index in [2.05, 4.69) is 5.32 Å². The number of amides is 1. The number of Topliss-reactive ketones (excluding diaryl/α,β-unsaturated/α-hetero) is 1. The Kier molecular flexibility index (Phi) is 5.07. The molecule has 0 saturated carbocycles. The molecule has 0 saturated heterocycles. The molecular weight excluding hydrogens is 344 g/mol. The molecule has 6 nitrogen and oxygen atoms in total. The molecule has 0 spiro atoms. The molecule has 0 fully saturated rings. The van der Waals surface area contributed by atoms with Crippen molar-refractivity contribution in [3.05, 3.63) is 75.6 Å². The van der Waals surface area contributed by atoms with Gasteiger partial charge < -0.3 is 15.0 Å². The maximum absolute atomic E-state index is 12.7. The molecule has 138 valence electrons. The first-order valence-corrected chi connectivity index (χ1v) is 8.66. The van der Waals surface area contributed by atoms with Crippen molar-refractivity contribution >= 4 is 22.6 Å². The summed E-state index contributed by atoms with van der Waals surface area (Å²) in [6.45, 7) is 3.78. The largest absolute Gasteiger partial charge is 0.506 e. The number of pyridine rings is 1. The second-order valence-corrected chi connectivity index (χ2v) is 6.26. The van der Waals surface area contributed by atoms with Gasteiger partial charge in [-0.2, -0.15) is 0 Å². The number of nitrogens with zero attached hydrogens (tertiary/aromatic N) is 1. The van der Waals surface area contributed by atoms with Crippen molar-refractivity contribution in [2.45, 2.75) is 20.4 Å². The highest BCUT2D eigenvalue weighted by Gasteiger charge is 2.22. The Hall–Kier alpha value is -3.41. The standard InChI is InChI=1S/C21H20N2O4/c1-3-23-16-7-5-4-6-15(16)19(25)18(21(23)27)20(26)22-12-17(24)14-10-8-13(2)9-11-14/h4-11,25H,3,12H2,1-2H3,(H,22,26). The van der Waals surface area contributed by atoms with E-state index in [4.69, 9.17) is 0 Å². The van der Waals surface area contributed by atoms with E-state index < -0.39 is 11.5 Å². The number of hydrogen-bond donors (Lipinski definition) is 2. The van der Waals surface area contributed by atoms with Gasteiger partial charge in [-0.15, -0.1) is 0 Å². The molecule has 2 aromatic carbocycles. The van der Waals surface area contributed by atoms with Gasteiger partial charge in [0.05, 0.1) is 12.1 Å². The minimum atomic E-state index is -0.772. The number of aryl methyl sites for hydroxylation is 2. The van der Waals surface area contributed by atoms with Gasteiger partial charge in [0.1, 0.15) is 11.3 Å². The third-order valence-corrected chi connectivity index (χ3v) is 4.47. The highest BCUT2D eigenvalue weighted by molar-refractivity contribution is 6.05. The molecule has 0 aliphatic carbocycles. The number of aromatic hydroxyl groups is 1. The van der Waals surface area contributed by atoms with Gasteiger partial charge in [0.15, 0.2) is 5.78 Å². The summed E-state index contributed by atoms with van der Waals surface area (Å²) in [6.07, 6.45) is 0. The van der Waals surface area contributed by atoms with Crippen molar-refractivity contribution in [3.8, 4) is 5.75 Å². The van der Waals surface area contributed by atoms with E-state index in [0.717, 1.165) is 5.56 Å². The average Bonchev–Trinajstić information content (AvgIpc) is 2.67. The lowest BCUT2D eigenvalue weighted by Gasteiger charge is -2.13. The lowest BCUT2D eigenvalue weighted by Crippen LogP contribution is -2.35. The smallest absolute Gasteiger partial charge is 0.267 e. The minimum absolute atomic E-state index is 0.264. The predicted octanol–water partition coefficient (Wildman–Crippen LogP) is 2.65. The van der Waals surface area contributed by atoms with Gasteiger partial charge in [-0.05, 0) is 26.0 Å². The molecule has 1 aromatic heterocycles. The van der Waals surface area contributed by atoms with Crippen LogP contribution in [0.15, 0.2) is 53.3 Å². The predicted molar refractivity (Wildman–Crippen MR) is 103 cm³/mol. The van der Waals surface area contributed by atoms with Crippen LogP contribution >= 0.6 is 0 Å². The van der Waals surface area contributed by atoms with Crippen LogP contribution in [0.5, 0.6) is 5.75 Å². The first-order valence-electron chi connectivity index (χ1n) is 8.66. The molecule has 6 heteroatoms. The van der Waals surface area contributed by atoms with E-state index in [1.54, 1.807) is 43.3 Å². The maximum atomic E-state index is 12.7. The quantitative estimate of drug-likeness (QED) is 0.681. The zero-order chi connectivity index (χ0) is 19.6. The molecule has 3 rings (SSSR count). The number of rotatable bonds is 5. The van der Waals surface area contributed by atoms with Crippen LogP contribution in [0.25, 0.3) is 10.9 Å². The van der Waals surface area contributed by atoms with Crippen LogP contribution in [-0.2, 0) is 6.54 Å². The van der Waals surface area contributed by atoms with Gasteiger partial charge in [0.25, 0.3) is 11.5 Å². The molecule has 3 aromatic rings. The molecule has 0 unspecified atom stereocenters. The summed E-state index contributed by atoms with van der Waals surface area (Å²) in [7, 11) is 0. The van der Waals surface area contributed by atoms with E-state index in [0.29, 0.717) is 23.0 Å². The second-order valence-electron chi connectivity index (χ2n) is 6.26. The normalized spacial score (nSPS) is 10.7. The van der Waals surface area contributed by atoms with Gasteiger partial charge in [-0.3, -0.25) is 14.4 Å². The summed E-state index contributed by atoms with van der Waals surface area (Å²) in [5.74, 6) is -1.43. The molecule has 27 heavy (non-hydrogen) atoms. The Morgan fingerprint density at radius 2 is 1.74 bits per heavy atom. The molecule has 1 amide bonds. The lowest BCUT2D eigenvalue weighted by molar-refractivity contribution is 0.0901. The van der Waals surface area contributed by atoms with E-state index >= 15 is 0 Å². The van der Waals surface area contributed by atoms with Gasteiger partial charge in [0, 0.05) is 17.5 Å². The van der Waals surface area contributed by atoms with Crippen LogP contribution in [-0.4, -0.2) is 27.9 Å². The summed E-state index contributed by atoms with van der Waals surface area (Å²) in [5.41, 5.74) is 1.10. The summed E-state index contributed by atoms with van der Waals surface area (Å²) < 4.78 is 1.42. The highest BCUT2D eigenvalue weighted by atomic mass is 16.3. The fourth-order valence-electron chi connectivity index (χ4n) is 3.00. The van der Waals surface area contributed by atoms with E-state index in [1.807, 2.05) is 19.1 Å². The number of benzene rings is 2. The van der Waals surface area contributed by atoms with Crippen LogP contribution < -0.4 is 10.9 Å². The fourth-order valence-corrected chi connectivity index (χ4v) is 3.00. The lowest BCUT2D eigenvalue weighted by atomic mass is 10.1. The van der Waals surface area contributed by atoms with Crippen molar-refractivity contribution in [2.24, 2.45) is 0 Å². The Bertz CT molecular complexity index is 1080. The van der Waals surface area contributed by atoms with Crippen molar-refractivity contribution in [1.82, 2.24) is 9.88 Å². The first kappa shape index (κ1) is 18.4. The van der Waals surface area contributed by atoms with Crippen molar-refractivity contribution < 1.29 is 14.7 Å². The molecular formula is C21H20N2O4. The Labute approximate surface area is 156 Å². The monoisotopic (exact) mass is 364 g/mol. The zero-order valence-corrected chi connectivity index (χ0v) is 15.2. The molecule has 2 N–H and O–H groups in total. The zero-order valence-electron chi connectivity index (χ0n) is 15.2. The fraction of sp³-hybridized carbons (Fsp3) is 0.190. The second kappa shape index (κ2) is 7.45. The summed E-state index contributed by atoms with van der Waals surface area (Å²) >= 11 is 0. The average molecular weight is 364 g/mol. The summed E-state index contributed by atoms with van der Waals surface area (Å²) in [4.78, 5) is 37.5. The molecule has 0 radical (unpaired) electrons. The van der Waals surface area contributed by atoms with E-state index in [9.17, 15) is 19.5 Å². The van der Waals surface area contributed by atoms with Crippen molar-refractivity contribution in [2.75, 3.05) is 6.54 Å². The van der Waals surface area contributed by atoms with Crippen LogP contribution in [0, 0.1) is 6.92 Å².